The highest BCUT2D eigenvalue weighted by atomic mass is 16.5. The highest BCUT2D eigenvalue weighted by Gasteiger charge is 2.06. The number of methoxy groups -OCH3 is 1. The molecule has 1 rings (SSSR count). The summed E-state index contributed by atoms with van der Waals surface area (Å²) in [5.41, 5.74) is 1.04. The van der Waals surface area contributed by atoms with Gasteiger partial charge in [-0.1, -0.05) is 43.9 Å². The zero-order chi connectivity index (χ0) is 10.4. The Balaban J connectivity index is 2.71. The Morgan fingerprint density at radius 3 is 2.29 bits per heavy atom. The molecule has 0 heterocycles. The zero-order valence-corrected chi connectivity index (χ0v) is 8.95. The second-order valence-electron chi connectivity index (χ2n) is 3.54. The van der Waals surface area contributed by atoms with Crippen LogP contribution in [0.3, 0.4) is 0 Å². The third-order valence-electron chi connectivity index (χ3n) is 1.99. The van der Waals surface area contributed by atoms with E-state index in [-0.39, 0.29) is 6.10 Å². The van der Waals surface area contributed by atoms with Crippen LogP contribution >= 0.6 is 0 Å². The highest BCUT2D eigenvalue weighted by molar-refractivity contribution is 5.34. The van der Waals surface area contributed by atoms with Gasteiger partial charge in [-0.05, 0) is 18.1 Å². The lowest BCUT2D eigenvalue weighted by molar-refractivity contribution is 0.111. The molecule has 0 saturated carbocycles. The summed E-state index contributed by atoms with van der Waals surface area (Å²) in [5, 5.41) is 0. The largest absolute Gasteiger partial charge is 0.368 e. The monoisotopic (exact) mass is 188 g/mol. The van der Waals surface area contributed by atoms with Crippen molar-refractivity contribution in [2.24, 2.45) is 5.92 Å². The van der Waals surface area contributed by atoms with Crippen LogP contribution < -0.4 is 0 Å². The molecule has 1 nitrogen and oxygen atoms in total. The Morgan fingerprint density at radius 1 is 1.14 bits per heavy atom. The van der Waals surface area contributed by atoms with Gasteiger partial charge in [0.1, 0.15) is 6.10 Å². The van der Waals surface area contributed by atoms with Crippen LogP contribution in [-0.2, 0) is 4.74 Å². The summed E-state index contributed by atoms with van der Waals surface area (Å²) in [6.07, 6.45) is 0.0233. The van der Waals surface area contributed by atoms with E-state index in [9.17, 15) is 0 Å². The lowest BCUT2D eigenvalue weighted by atomic mass is 10.1. The van der Waals surface area contributed by atoms with Crippen LogP contribution in [0.4, 0.5) is 0 Å². The average Bonchev–Trinajstić information content (AvgIpc) is 2.20. The number of ether oxygens (including phenoxy) is 1. The third-order valence-corrected chi connectivity index (χ3v) is 1.99. The molecule has 0 aliphatic heterocycles. The first-order valence-electron chi connectivity index (χ1n) is 4.83. The Labute approximate surface area is 86.1 Å². The predicted octanol–water partition coefficient (Wildman–Crippen LogP) is 2.71. The normalized spacial score (nSPS) is 12.0. The maximum Gasteiger partial charge on any atom is 0.120 e. The van der Waals surface area contributed by atoms with Crippen LogP contribution in [0.5, 0.6) is 0 Å². The molecule has 0 amide bonds. The molecular formula is C13H16O. The van der Waals surface area contributed by atoms with Crippen molar-refractivity contribution in [3.63, 3.8) is 0 Å². The number of benzene rings is 1. The molecule has 1 aromatic rings. The van der Waals surface area contributed by atoms with Crippen LogP contribution in [0.15, 0.2) is 30.3 Å². The van der Waals surface area contributed by atoms with Crippen molar-refractivity contribution in [3.05, 3.63) is 35.9 Å². The fourth-order valence-corrected chi connectivity index (χ4v) is 1.17. The Kier molecular flexibility index (Phi) is 4.22. The topological polar surface area (TPSA) is 9.23 Å². The molecule has 0 spiro atoms. The summed E-state index contributed by atoms with van der Waals surface area (Å²) in [6, 6.07) is 9.96. The van der Waals surface area contributed by atoms with E-state index in [0.717, 1.165) is 5.56 Å². The lowest BCUT2D eigenvalue weighted by Gasteiger charge is -2.11. The van der Waals surface area contributed by atoms with Gasteiger partial charge in [-0.2, -0.15) is 0 Å². The summed E-state index contributed by atoms with van der Waals surface area (Å²) in [6.45, 7) is 4.21. The van der Waals surface area contributed by atoms with Gasteiger partial charge in [0.15, 0.2) is 0 Å². The van der Waals surface area contributed by atoms with E-state index >= 15 is 0 Å². The van der Waals surface area contributed by atoms with Crippen LogP contribution in [0.2, 0.25) is 0 Å². The smallest absolute Gasteiger partial charge is 0.120 e. The second-order valence-corrected chi connectivity index (χ2v) is 3.54. The van der Waals surface area contributed by atoms with Crippen LogP contribution in [0.25, 0.3) is 0 Å². The minimum atomic E-state index is 0.0233. The van der Waals surface area contributed by atoms with Gasteiger partial charge in [0.2, 0.25) is 0 Å². The first kappa shape index (κ1) is 10.8. The third kappa shape index (κ3) is 3.24. The quantitative estimate of drug-likeness (QED) is 0.648. The minimum Gasteiger partial charge on any atom is -0.368 e. The maximum absolute atomic E-state index is 5.26. The number of rotatable bonds is 2. The fraction of sp³-hybridized carbons (Fsp3) is 0.385. The van der Waals surface area contributed by atoms with Crippen molar-refractivity contribution >= 4 is 0 Å². The van der Waals surface area contributed by atoms with Gasteiger partial charge in [0.05, 0.1) is 0 Å². The minimum absolute atomic E-state index is 0.0233. The van der Waals surface area contributed by atoms with Crippen molar-refractivity contribution in [2.75, 3.05) is 7.11 Å². The summed E-state index contributed by atoms with van der Waals surface area (Å²) < 4.78 is 5.26. The second kappa shape index (κ2) is 5.47. The Bertz CT molecular complexity index is 316. The van der Waals surface area contributed by atoms with Crippen molar-refractivity contribution < 1.29 is 4.74 Å². The molecule has 14 heavy (non-hydrogen) atoms. The van der Waals surface area contributed by atoms with Crippen LogP contribution in [0, 0.1) is 17.8 Å². The van der Waals surface area contributed by atoms with E-state index in [2.05, 4.69) is 25.7 Å². The molecule has 0 radical (unpaired) electrons. The molecule has 74 valence electrons. The van der Waals surface area contributed by atoms with Gasteiger partial charge in [-0.15, -0.1) is 0 Å². The molecule has 1 heteroatoms. The molecule has 1 atom stereocenters. The molecule has 0 saturated heterocycles. The van der Waals surface area contributed by atoms with E-state index in [1.807, 2.05) is 30.3 Å². The number of hydrogen-bond acceptors (Lipinski definition) is 1. The number of hydrogen-bond donors (Lipinski definition) is 0. The predicted molar refractivity (Wildman–Crippen MR) is 59.0 cm³/mol. The molecular weight excluding hydrogens is 172 g/mol. The van der Waals surface area contributed by atoms with Crippen molar-refractivity contribution in [1.82, 2.24) is 0 Å². The Hall–Kier alpha value is -1.26. The molecule has 0 aliphatic carbocycles. The SMILES string of the molecule is COC(C#Cc1ccccc1)C(C)C. The van der Waals surface area contributed by atoms with Gasteiger partial charge in [-0.25, -0.2) is 0 Å². The van der Waals surface area contributed by atoms with Crippen LogP contribution in [0.1, 0.15) is 19.4 Å². The summed E-state index contributed by atoms with van der Waals surface area (Å²) in [4.78, 5) is 0. The van der Waals surface area contributed by atoms with Crippen molar-refractivity contribution in [1.29, 1.82) is 0 Å². The molecule has 1 unspecified atom stereocenters. The summed E-state index contributed by atoms with van der Waals surface area (Å²) >= 11 is 0. The van der Waals surface area contributed by atoms with Gasteiger partial charge >= 0.3 is 0 Å². The zero-order valence-electron chi connectivity index (χ0n) is 8.95. The molecule has 1 aromatic carbocycles. The molecule has 0 aliphatic rings. The van der Waals surface area contributed by atoms with E-state index in [1.54, 1.807) is 7.11 Å². The van der Waals surface area contributed by atoms with Crippen molar-refractivity contribution in [2.45, 2.75) is 20.0 Å². The molecule has 0 bridgehead atoms. The standard InChI is InChI=1S/C13H16O/c1-11(2)13(14-3)10-9-12-7-5-4-6-8-12/h4-8,11,13H,1-3H3. The van der Waals surface area contributed by atoms with Crippen molar-refractivity contribution in [3.8, 4) is 11.8 Å². The van der Waals surface area contributed by atoms with E-state index in [1.165, 1.54) is 0 Å². The highest BCUT2D eigenvalue weighted by Crippen LogP contribution is 2.04. The summed E-state index contributed by atoms with van der Waals surface area (Å²) in [5.74, 6) is 6.64. The first-order chi connectivity index (χ1) is 6.74. The molecule has 0 N–H and O–H groups in total. The van der Waals surface area contributed by atoms with E-state index in [4.69, 9.17) is 4.74 Å². The van der Waals surface area contributed by atoms with Gasteiger partial charge < -0.3 is 4.74 Å². The Morgan fingerprint density at radius 2 is 1.79 bits per heavy atom. The summed E-state index contributed by atoms with van der Waals surface area (Å²) in [7, 11) is 1.70. The van der Waals surface area contributed by atoms with Crippen LogP contribution in [-0.4, -0.2) is 13.2 Å². The van der Waals surface area contributed by atoms with Gasteiger partial charge in [-0.3, -0.25) is 0 Å². The first-order valence-corrected chi connectivity index (χ1v) is 4.83. The van der Waals surface area contributed by atoms with E-state index in [0.29, 0.717) is 5.92 Å². The van der Waals surface area contributed by atoms with Gasteiger partial charge in [0.25, 0.3) is 0 Å². The van der Waals surface area contributed by atoms with E-state index < -0.39 is 0 Å². The maximum atomic E-state index is 5.26. The lowest BCUT2D eigenvalue weighted by Crippen LogP contribution is -2.15. The fourth-order valence-electron chi connectivity index (χ4n) is 1.17. The average molecular weight is 188 g/mol. The molecule has 0 fully saturated rings. The molecule has 0 aromatic heterocycles. The van der Waals surface area contributed by atoms with Gasteiger partial charge in [0, 0.05) is 12.7 Å².